The molecule has 0 saturated carbocycles. The van der Waals surface area contributed by atoms with Crippen LogP contribution >= 0.6 is 11.8 Å². The second kappa shape index (κ2) is 6.37. The molecule has 6 heteroatoms. The van der Waals surface area contributed by atoms with Gasteiger partial charge >= 0.3 is 0 Å². The van der Waals surface area contributed by atoms with Crippen molar-refractivity contribution in [2.75, 3.05) is 19.3 Å². The SMILES string of the molecule is CSc1ncc(CN2CCC[C@H](c3ncc[nH]3)C2)cn1. The number of nitrogens with one attached hydrogen (secondary N) is 1. The van der Waals surface area contributed by atoms with Gasteiger partial charge in [0.1, 0.15) is 5.82 Å². The fourth-order valence-electron chi connectivity index (χ4n) is 2.71. The van der Waals surface area contributed by atoms with Crippen molar-refractivity contribution >= 4 is 11.8 Å². The van der Waals surface area contributed by atoms with Crippen LogP contribution in [-0.2, 0) is 6.54 Å². The Morgan fingerprint density at radius 1 is 1.35 bits per heavy atom. The van der Waals surface area contributed by atoms with Crippen molar-refractivity contribution in [3.8, 4) is 0 Å². The van der Waals surface area contributed by atoms with Crippen molar-refractivity contribution in [1.82, 2.24) is 24.8 Å². The Balaban J connectivity index is 1.62. The number of aromatic amines is 1. The van der Waals surface area contributed by atoms with Gasteiger partial charge in [0.2, 0.25) is 0 Å². The van der Waals surface area contributed by atoms with E-state index < -0.39 is 0 Å². The molecular formula is C14H19N5S. The molecule has 3 heterocycles. The van der Waals surface area contributed by atoms with Gasteiger partial charge in [0.05, 0.1) is 0 Å². The summed E-state index contributed by atoms with van der Waals surface area (Å²) >= 11 is 1.57. The first kappa shape index (κ1) is 13.6. The molecule has 20 heavy (non-hydrogen) atoms. The number of likely N-dealkylation sites (tertiary alicyclic amines) is 1. The molecule has 106 valence electrons. The Morgan fingerprint density at radius 3 is 2.90 bits per heavy atom. The number of H-pyrrole nitrogens is 1. The van der Waals surface area contributed by atoms with Crippen LogP contribution in [0.25, 0.3) is 0 Å². The zero-order chi connectivity index (χ0) is 13.8. The fourth-order valence-corrected chi connectivity index (χ4v) is 3.03. The largest absolute Gasteiger partial charge is 0.348 e. The molecule has 0 amide bonds. The first-order chi connectivity index (χ1) is 9.85. The van der Waals surface area contributed by atoms with Crippen molar-refractivity contribution in [2.24, 2.45) is 0 Å². The maximum absolute atomic E-state index is 4.39. The van der Waals surface area contributed by atoms with Gasteiger partial charge in [-0.15, -0.1) is 0 Å². The van der Waals surface area contributed by atoms with Crippen molar-refractivity contribution in [3.05, 3.63) is 36.2 Å². The Morgan fingerprint density at radius 2 is 2.20 bits per heavy atom. The van der Waals surface area contributed by atoms with Crippen molar-refractivity contribution in [2.45, 2.75) is 30.5 Å². The molecule has 0 aromatic carbocycles. The van der Waals surface area contributed by atoms with Crippen molar-refractivity contribution in [1.29, 1.82) is 0 Å². The lowest BCUT2D eigenvalue weighted by Crippen LogP contribution is -2.34. The minimum atomic E-state index is 0.519. The van der Waals surface area contributed by atoms with Gasteiger partial charge in [-0.2, -0.15) is 0 Å². The number of aromatic nitrogens is 4. The van der Waals surface area contributed by atoms with Crippen molar-refractivity contribution < 1.29 is 0 Å². The van der Waals surface area contributed by atoms with E-state index in [4.69, 9.17) is 0 Å². The average molecular weight is 289 g/mol. The van der Waals surface area contributed by atoms with E-state index >= 15 is 0 Å². The van der Waals surface area contributed by atoms with E-state index in [1.807, 2.05) is 31.0 Å². The van der Waals surface area contributed by atoms with E-state index in [0.29, 0.717) is 5.92 Å². The molecule has 0 radical (unpaired) electrons. The average Bonchev–Trinajstić information content (AvgIpc) is 3.03. The van der Waals surface area contributed by atoms with Crippen LogP contribution in [0.2, 0.25) is 0 Å². The second-order valence-corrected chi connectivity index (χ2v) is 5.90. The molecule has 5 nitrogen and oxygen atoms in total. The Kier molecular flexibility index (Phi) is 4.32. The predicted octanol–water partition coefficient (Wildman–Crippen LogP) is 2.30. The molecule has 0 bridgehead atoms. The predicted molar refractivity (Wildman–Crippen MR) is 79.7 cm³/mol. The molecule has 1 aliphatic rings. The van der Waals surface area contributed by atoms with Crippen LogP contribution in [0, 0.1) is 0 Å². The molecule has 1 N–H and O–H groups in total. The lowest BCUT2D eigenvalue weighted by Gasteiger charge is -2.31. The van der Waals surface area contributed by atoms with Gasteiger partial charge in [-0.1, -0.05) is 11.8 Å². The summed E-state index contributed by atoms with van der Waals surface area (Å²) < 4.78 is 0. The molecule has 3 rings (SSSR count). The zero-order valence-corrected chi connectivity index (χ0v) is 12.4. The van der Waals surface area contributed by atoms with Crippen LogP contribution in [0.4, 0.5) is 0 Å². The van der Waals surface area contributed by atoms with Gasteiger partial charge in [-0.25, -0.2) is 15.0 Å². The maximum atomic E-state index is 4.39. The summed E-state index contributed by atoms with van der Waals surface area (Å²) in [6, 6.07) is 0. The minimum Gasteiger partial charge on any atom is -0.348 e. The highest BCUT2D eigenvalue weighted by Crippen LogP contribution is 2.25. The van der Waals surface area contributed by atoms with Crippen LogP contribution in [0.15, 0.2) is 29.9 Å². The molecule has 1 fully saturated rings. The lowest BCUT2D eigenvalue weighted by atomic mass is 9.97. The normalized spacial score (nSPS) is 20.1. The van der Waals surface area contributed by atoms with E-state index in [1.54, 1.807) is 11.8 Å². The van der Waals surface area contributed by atoms with Gasteiger partial charge in [-0.05, 0) is 25.6 Å². The highest BCUT2D eigenvalue weighted by molar-refractivity contribution is 7.98. The van der Waals surface area contributed by atoms with Gasteiger partial charge in [0.15, 0.2) is 5.16 Å². The topological polar surface area (TPSA) is 57.7 Å². The number of thioether (sulfide) groups is 1. The lowest BCUT2D eigenvalue weighted by molar-refractivity contribution is 0.196. The smallest absolute Gasteiger partial charge is 0.187 e. The molecule has 1 atom stereocenters. The van der Waals surface area contributed by atoms with Gasteiger partial charge in [0.25, 0.3) is 0 Å². The van der Waals surface area contributed by atoms with Crippen LogP contribution < -0.4 is 0 Å². The monoisotopic (exact) mass is 289 g/mol. The summed E-state index contributed by atoms with van der Waals surface area (Å²) in [5.74, 6) is 1.63. The van der Waals surface area contributed by atoms with E-state index in [1.165, 1.54) is 18.4 Å². The third-order valence-electron chi connectivity index (χ3n) is 3.68. The standard InChI is InChI=1S/C14H19N5S/c1-20-14-17-7-11(8-18-14)9-19-6-2-3-12(10-19)13-15-4-5-16-13/h4-5,7-8,12H,2-3,6,9-10H2,1H3,(H,15,16)/t12-/m0/s1. The molecular weight excluding hydrogens is 270 g/mol. The van der Waals surface area contributed by atoms with Crippen LogP contribution in [0.5, 0.6) is 0 Å². The number of imidazole rings is 1. The summed E-state index contributed by atoms with van der Waals surface area (Å²) in [4.78, 5) is 18.8. The van der Waals surface area contributed by atoms with Crippen LogP contribution in [0.1, 0.15) is 30.1 Å². The Bertz CT molecular complexity index is 525. The molecule has 2 aromatic rings. The number of rotatable bonds is 4. The van der Waals surface area contributed by atoms with E-state index in [0.717, 1.165) is 30.6 Å². The van der Waals surface area contributed by atoms with Gasteiger partial charge < -0.3 is 4.98 Å². The summed E-state index contributed by atoms with van der Waals surface area (Å²) in [6.45, 7) is 3.12. The maximum Gasteiger partial charge on any atom is 0.187 e. The van der Waals surface area contributed by atoms with Crippen LogP contribution in [-0.4, -0.2) is 44.2 Å². The second-order valence-electron chi connectivity index (χ2n) is 5.13. The summed E-state index contributed by atoms with van der Waals surface area (Å²) in [5, 5.41) is 0.834. The summed E-state index contributed by atoms with van der Waals surface area (Å²) in [7, 11) is 0. The van der Waals surface area contributed by atoms with Crippen molar-refractivity contribution in [3.63, 3.8) is 0 Å². The number of nitrogens with zero attached hydrogens (tertiary/aromatic N) is 4. The first-order valence-electron chi connectivity index (χ1n) is 6.91. The molecule has 1 aliphatic heterocycles. The molecule has 1 saturated heterocycles. The van der Waals surface area contributed by atoms with Gasteiger partial charge in [0, 0.05) is 49.4 Å². The molecule has 2 aromatic heterocycles. The third kappa shape index (κ3) is 3.19. The summed E-state index contributed by atoms with van der Waals surface area (Å²) in [5.41, 5.74) is 1.18. The quantitative estimate of drug-likeness (QED) is 0.691. The molecule has 0 spiro atoms. The van der Waals surface area contributed by atoms with Crippen LogP contribution in [0.3, 0.4) is 0 Å². The van der Waals surface area contributed by atoms with E-state index in [2.05, 4.69) is 24.8 Å². The number of hydrogen-bond donors (Lipinski definition) is 1. The molecule has 0 aliphatic carbocycles. The van der Waals surface area contributed by atoms with E-state index in [9.17, 15) is 0 Å². The van der Waals surface area contributed by atoms with Gasteiger partial charge in [-0.3, -0.25) is 4.90 Å². The Hall–Kier alpha value is -1.40. The fraction of sp³-hybridized carbons (Fsp3) is 0.500. The van der Waals surface area contributed by atoms with E-state index in [-0.39, 0.29) is 0 Å². The Labute approximate surface area is 123 Å². The highest BCUT2D eigenvalue weighted by Gasteiger charge is 2.22. The zero-order valence-electron chi connectivity index (χ0n) is 11.6. The molecule has 0 unspecified atom stereocenters. The minimum absolute atomic E-state index is 0.519. The number of piperidine rings is 1. The number of hydrogen-bond acceptors (Lipinski definition) is 5. The first-order valence-corrected chi connectivity index (χ1v) is 8.14. The third-order valence-corrected chi connectivity index (χ3v) is 4.26. The summed E-state index contributed by atoms with van der Waals surface area (Å²) in [6.07, 6.45) is 12.0. The highest BCUT2D eigenvalue weighted by atomic mass is 32.2.